The van der Waals surface area contributed by atoms with Gasteiger partial charge in [-0.3, -0.25) is 4.79 Å². The number of carbonyl (C=O) groups is 3. The smallest absolute Gasteiger partial charge is 0.343 e. The summed E-state index contributed by atoms with van der Waals surface area (Å²) in [7, 11) is 2.92. The number of benzene rings is 1. The van der Waals surface area contributed by atoms with Crippen molar-refractivity contribution in [3.05, 3.63) is 41.1 Å². The molecule has 9 heteroatoms. The molecule has 1 amide bonds. The van der Waals surface area contributed by atoms with E-state index in [2.05, 4.69) is 19.7 Å². The Kier molecular flexibility index (Phi) is 6.07. The van der Waals surface area contributed by atoms with Crippen LogP contribution in [0, 0.1) is 6.92 Å². The number of nitrogens with zero attached hydrogens (tertiary/aromatic N) is 1. The van der Waals surface area contributed by atoms with Gasteiger partial charge in [0.1, 0.15) is 10.6 Å². The van der Waals surface area contributed by atoms with Crippen LogP contribution in [-0.4, -0.2) is 43.0 Å². The van der Waals surface area contributed by atoms with E-state index in [1.165, 1.54) is 13.2 Å². The van der Waals surface area contributed by atoms with Crippen LogP contribution in [0.3, 0.4) is 0 Å². The number of amides is 1. The number of nitrogens with one attached hydrogen (secondary N) is 2. The second kappa shape index (κ2) is 8.25. The molecule has 8 nitrogen and oxygen atoms in total. The molecule has 0 spiro atoms. The van der Waals surface area contributed by atoms with Gasteiger partial charge in [0.05, 0.1) is 24.1 Å². The first kappa shape index (κ1) is 18.4. The van der Waals surface area contributed by atoms with Crippen LogP contribution in [0.2, 0.25) is 0 Å². The van der Waals surface area contributed by atoms with Crippen molar-refractivity contribution in [1.29, 1.82) is 0 Å². The summed E-state index contributed by atoms with van der Waals surface area (Å²) in [6, 6.07) is 6.38. The highest BCUT2D eigenvalue weighted by Crippen LogP contribution is 2.24. The molecule has 25 heavy (non-hydrogen) atoms. The molecule has 0 aliphatic heterocycles. The van der Waals surface area contributed by atoms with Crippen molar-refractivity contribution >= 4 is 40.1 Å². The number of ether oxygens (including phenoxy) is 2. The average molecular weight is 363 g/mol. The molecule has 0 fully saturated rings. The Balaban J connectivity index is 2.01. The second-order valence-electron chi connectivity index (χ2n) is 4.88. The lowest BCUT2D eigenvalue weighted by atomic mass is 10.2. The highest BCUT2D eigenvalue weighted by Gasteiger charge is 2.20. The number of hydrogen-bond acceptors (Lipinski definition) is 8. The molecular weight excluding hydrogens is 346 g/mol. The molecule has 2 rings (SSSR count). The minimum absolute atomic E-state index is 0.208. The van der Waals surface area contributed by atoms with Gasteiger partial charge in [0.25, 0.3) is 5.91 Å². The fraction of sp³-hybridized carbons (Fsp3) is 0.250. The van der Waals surface area contributed by atoms with Crippen LogP contribution in [0.4, 0.5) is 10.7 Å². The molecule has 0 aliphatic carbocycles. The van der Waals surface area contributed by atoms with Crippen molar-refractivity contribution < 1.29 is 23.9 Å². The number of carbonyl (C=O) groups excluding carboxylic acids is 3. The van der Waals surface area contributed by atoms with E-state index in [4.69, 9.17) is 4.74 Å². The van der Waals surface area contributed by atoms with E-state index in [9.17, 15) is 14.4 Å². The largest absolute Gasteiger partial charge is 0.465 e. The van der Waals surface area contributed by atoms with E-state index in [1.807, 2.05) is 0 Å². The number of para-hydroxylation sites is 1. The van der Waals surface area contributed by atoms with E-state index in [0.717, 1.165) is 11.5 Å². The molecule has 0 saturated carbocycles. The second-order valence-corrected chi connectivity index (χ2v) is 5.66. The van der Waals surface area contributed by atoms with Crippen LogP contribution >= 0.6 is 11.5 Å². The summed E-state index contributed by atoms with van der Waals surface area (Å²) in [5, 5.41) is 5.95. The predicted octanol–water partition coefficient (Wildman–Crippen LogP) is 2.08. The Labute approximate surface area is 148 Å². The molecule has 0 aliphatic rings. The number of aryl methyl sites for hydroxylation is 1. The predicted molar refractivity (Wildman–Crippen MR) is 93.1 cm³/mol. The number of esters is 2. The van der Waals surface area contributed by atoms with Crippen LogP contribution in [0.1, 0.15) is 26.4 Å². The zero-order chi connectivity index (χ0) is 18.4. The van der Waals surface area contributed by atoms with Crippen molar-refractivity contribution in [3.63, 3.8) is 0 Å². The van der Waals surface area contributed by atoms with Gasteiger partial charge in [0, 0.05) is 7.05 Å². The summed E-state index contributed by atoms with van der Waals surface area (Å²) in [6.45, 7) is 1.19. The van der Waals surface area contributed by atoms with Crippen molar-refractivity contribution in [2.45, 2.75) is 6.92 Å². The molecule has 0 unspecified atom stereocenters. The maximum atomic E-state index is 12.1. The third-order valence-corrected chi connectivity index (χ3v) is 4.19. The van der Waals surface area contributed by atoms with Crippen LogP contribution < -0.4 is 10.6 Å². The number of rotatable bonds is 6. The lowest BCUT2D eigenvalue weighted by Gasteiger charge is -2.10. The number of hydrogen-bond donors (Lipinski definition) is 2. The zero-order valence-corrected chi connectivity index (χ0v) is 14.7. The summed E-state index contributed by atoms with van der Waals surface area (Å²) in [6.07, 6.45) is 0. The summed E-state index contributed by atoms with van der Waals surface area (Å²) >= 11 is 1.14. The lowest BCUT2D eigenvalue weighted by Crippen LogP contribution is -2.22. The molecule has 2 aromatic rings. The van der Waals surface area contributed by atoms with E-state index in [-0.39, 0.29) is 11.3 Å². The summed E-state index contributed by atoms with van der Waals surface area (Å²) in [5.41, 5.74) is 1.31. The van der Waals surface area contributed by atoms with Crippen molar-refractivity contribution in [2.75, 3.05) is 31.4 Å². The molecule has 132 valence electrons. The maximum Gasteiger partial charge on any atom is 0.343 e. The van der Waals surface area contributed by atoms with E-state index >= 15 is 0 Å². The summed E-state index contributed by atoms with van der Waals surface area (Å²) in [4.78, 5) is 35.8. The first-order chi connectivity index (χ1) is 12.0. The highest BCUT2D eigenvalue weighted by atomic mass is 32.1. The Morgan fingerprint density at radius 3 is 2.60 bits per heavy atom. The van der Waals surface area contributed by atoms with Gasteiger partial charge in [-0.25, -0.2) is 9.59 Å². The summed E-state index contributed by atoms with van der Waals surface area (Å²) in [5.74, 6) is -1.80. The van der Waals surface area contributed by atoms with Gasteiger partial charge in [0.15, 0.2) is 6.61 Å². The molecule has 0 bridgehead atoms. The summed E-state index contributed by atoms with van der Waals surface area (Å²) < 4.78 is 13.8. The van der Waals surface area contributed by atoms with Gasteiger partial charge in [-0.1, -0.05) is 12.1 Å². The van der Waals surface area contributed by atoms with Crippen LogP contribution in [0.5, 0.6) is 0 Å². The third-order valence-electron chi connectivity index (χ3n) is 3.23. The third kappa shape index (κ3) is 4.32. The number of methoxy groups -OCH3 is 1. The van der Waals surface area contributed by atoms with Crippen LogP contribution in [0.25, 0.3) is 0 Å². The van der Waals surface area contributed by atoms with Crippen LogP contribution in [-0.2, 0) is 14.3 Å². The molecular formula is C16H17N3O5S. The Morgan fingerprint density at radius 2 is 1.92 bits per heavy atom. The Morgan fingerprint density at radius 1 is 1.20 bits per heavy atom. The average Bonchev–Trinajstić information content (AvgIpc) is 3.00. The molecule has 0 saturated heterocycles. The van der Waals surface area contributed by atoms with E-state index < -0.39 is 24.5 Å². The Bertz CT molecular complexity index is 803. The fourth-order valence-electron chi connectivity index (χ4n) is 2.05. The number of aromatic nitrogens is 1. The minimum Gasteiger partial charge on any atom is -0.465 e. The maximum absolute atomic E-state index is 12.1. The van der Waals surface area contributed by atoms with Gasteiger partial charge >= 0.3 is 11.9 Å². The fourth-order valence-corrected chi connectivity index (χ4v) is 2.78. The van der Waals surface area contributed by atoms with Gasteiger partial charge in [0.2, 0.25) is 0 Å². The topological polar surface area (TPSA) is 107 Å². The van der Waals surface area contributed by atoms with Crippen molar-refractivity contribution in [1.82, 2.24) is 4.37 Å². The monoisotopic (exact) mass is 363 g/mol. The molecule has 1 aromatic heterocycles. The first-order valence-corrected chi connectivity index (χ1v) is 8.03. The van der Waals surface area contributed by atoms with Crippen molar-refractivity contribution in [2.24, 2.45) is 0 Å². The Hall–Kier alpha value is -2.94. The molecule has 1 aromatic carbocycles. The lowest BCUT2D eigenvalue weighted by molar-refractivity contribution is -0.119. The van der Waals surface area contributed by atoms with Crippen molar-refractivity contribution in [3.8, 4) is 0 Å². The molecule has 2 N–H and O–H groups in total. The quantitative estimate of drug-likeness (QED) is 0.757. The van der Waals surface area contributed by atoms with Gasteiger partial charge in [-0.2, -0.15) is 4.37 Å². The molecule has 0 radical (unpaired) electrons. The number of anilines is 2. The highest BCUT2D eigenvalue weighted by molar-refractivity contribution is 7.10. The molecule has 1 heterocycles. The molecule has 0 atom stereocenters. The van der Waals surface area contributed by atoms with Crippen LogP contribution in [0.15, 0.2) is 24.3 Å². The SMILES string of the molecule is CNc1snc(C)c1C(=O)OCC(=O)Nc1ccccc1C(=O)OC. The zero-order valence-electron chi connectivity index (χ0n) is 13.9. The standard InChI is InChI=1S/C16H17N3O5S/c1-9-13(14(17-2)25-19-9)16(22)24-8-12(20)18-11-7-5-4-6-10(11)15(21)23-3/h4-7,17H,8H2,1-3H3,(H,18,20). The van der Waals surface area contributed by atoms with Gasteiger partial charge in [-0.15, -0.1) is 0 Å². The van der Waals surface area contributed by atoms with Gasteiger partial charge in [-0.05, 0) is 30.6 Å². The minimum atomic E-state index is -0.646. The first-order valence-electron chi connectivity index (χ1n) is 7.26. The van der Waals surface area contributed by atoms with E-state index in [0.29, 0.717) is 16.3 Å². The van der Waals surface area contributed by atoms with Gasteiger partial charge < -0.3 is 20.1 Å². The normalized spacial score (nSPS) is 10.0. The van der Waals surface area contributed by atoms with E-state index in [1.54, 1.807) is 32.2 Å².